The summed E-state index contributed by atoms with van der Waals surface area (Å²) in [6.07, 6.45) is 1.70. The molecule has 8 heteroatoms. The third-order valence-corrected chi connectivity index (χ3v) is 4.07. The molecule has 0 aromatic carbocycles. The Balaban J connectivity index is 0.00000625. The molecule has 2 N–H and O–H groups in total. The maximum Gasteiger partial charge on any atom is 0.226 e. The fourth-order valence-corrected chi connectivity index (χ4v) is 2.69. The van der Waals surface area contributed by atoms with Crippen molar-refractivity contribution in [3.63, 3.8) is 0 Å². The van der Waals surface area contributed by atoms with E-state index < -0.39 is 0 Å². The van der Waals surface area contributed by atoms with Crippen LogP contribution in [0.5, 0.6) is 0 Å². The third-order valence-electron chi connectivity index (χ3n) is 4.07. The molecule has 0 bridgehead atoms. The van der Waals surface area contributed by atoms with Crippen molar-refractivity contribution in [1.29, 1.82) is 0 Å². The lowest BCUT2D eigenvalue weighted by Gasteiger charge is -2.30. The minimum absolute atomic E-state index is 0. The molecule has 0 aliphatic heterocycles. The highest BCUT2D eigenvalue weighted by Gasteiger charge is 2.13. The minimum Gasteiger partial charge on any atom is -0.356 e. The molecule has 7 nitrogen and oxygen atoms in total. The highest BCUT2D eigenvalue weighted by molar-refractivity contribution is 14.0. The molecule has 0 spiro atoms. The van der Waals surface area contributed by atoms with Crippen LogP contribution in [0.25, 0.3) is 0 Å². The summed E-state index contributed by atoms with van der Waals surface area (Å²) in [4.78, 5) is 11.1. The van der Waals surface area contributed by atoms with Crippen LogP contribution in [0.2, 0.25) is 0 Å². The topological polar surface area (TPSA) is 78.6 Å². The number of nitrogens with zero attached hydrogens (tertiary/aromatic N) is 4. The SMILES string of the molecule is CN=C(NCCCc1nc(C(C)C)no1)NCCN(C(C)C)C(C)C.I. The van der Waals surface area contributed by atoms with Crippen LogP contribution in [0.1, 0.15) is 65.6 Å². The lowest BCUT2D eigenvalue weighted by Crippen LogP contribution is -2.45. The lowest BCUT2D eigenvalue weighted by molar-refractivity contribution is 0.178. The molecular weight excluding hydrogens is 443 g/mol. The van der Waals surface area contributed by atoms with Gasteiger partial charge in [0, 0.05) is 51.1 Å². The molecule has 26 heavy (non-hydrogen) atoms. The van der Waals surface area contributed by atoms with Crippen LogP contribution in [0.3, 0.4) is 0 Å². The summed E-state index contributed by atoms with van der Waals surface area (Å²) in [5.41, 5.74) is 0. The summed E-state index contributed by atoms with van der Waals surface area (Å²) >= 11 is 0. The van der Waals surface area contributed by atoms with Gasteiger partial charge in [-0.05, 0) is 34.1 Å². The van der Waals surface area contributed by atoms with E-state index in [2.05, 4.69) is 72.2 Å². The Labute approximate surface area is 175 Å². The highest BCUT2D eigenvalue weighted by atomic mass is 127. The molecule has 152 valence electrons. The number of aryl methyl sites for hydroxylation is 1. The van der Waals surface area contributed by atoms with Gasteiger partial charge in [-0.25, -0.2) is 0 Å². The normalized spacial score (nSPS) is 12.2. The van der Waals surface area contributed by atoms with E-state index in [4.69, 9.17) is 4.52 Å². The fourth-order valence-electron chi connectivity index (χ4n) is 2.69. The summed E-state index contributed by atoms with van der Waals surface area (Å²) in [6, 6.07) is 1.09. The average molecular weight is 480 g/mol. The van der Waals surface area contributed by atoms with Gasteiger partial charge in [0.25, 0.3) is 0 Å². The molecule has 1 aromatic rings. The Hall–Kier alpha value is -0.900. The zero-order chi connectivity index (χ0) is 18.8. The second kappa shape index (κ2) is 13.3. The standard InChI is InChI=1S/C18H36N6O.HI/c1-13(2)17-22-16(25-23-17)9-8-10-20-18(19-7)21-11-12-24(14(3)4)15(5)6;/h13-15H,8-12H2,1-7H3,(H2,19,20,21);1H. The zero-order valence-corrected chi connectivity index (χ0v) is 19.7. The molecule has 0 radical (unpaired) electrons. The summed E-state index contributed by atoms with van der Waals surface area (Å²) in [5.74, 6) is 2.62. The molecule has 0 amide bonds. The van der Waals surface area contributed by atoms with E-state index in [0.717, 1.165) is 44.3 Å². The lowest BCUT2D eigenvalue weighted by atomic mass is 10.2. The number of halogens is 1. The zero-order valence-electron chi connectivity index (χ0n) is 17.4. The second-order valence-corrected chi connectivity index (χ2v) is 7.16. The Morgan fingerprint density at radius 3 is 2.19 bits per heavy atom. The summed E-state index contributed by atoms with van der Waals surface area (Å²) in [6.45, 7) is 15.7. The number of aliphatic imine (C=N–C) groups is 1. The monoisotopic (exact) mass is 480 g/mol. The van der Waals surface area contributed by atoms with Crippen LogP contribution in [-0.4, -0.2) is 59.8 Å². The first-order valence-corrected chi connectivity index (χ1v) is 9.37. The van der Waals surface area contributed by atoms with Crippen LogP contribution < -0.4 is 10.6 Å². The summed E-state index contributed by atoms with van der Waals surface area (Å²) < 4.78 is 5.26. The maximum atomic E-state index is 5.26. The van der Waals surface area contributed by atoms with E-state index in [9.17, 15) is 0 Å². The van der Waals surface area contributed by atoms with Gasteiger partial charge in [-0.1, -0.05) is 19.0 Å². The first-order chi connectivity index (χ1) is 11.8. The van der Waals surface area contributed by atoms with Crippen molar-refractivity contribution in [2.24, 2.45) is 4.99 Å². The van der Waals surface area contributed by atoms with Gasteiger partial charge in [-0.15, -0.1) is 24.0 Å². The van der Waals surface area contributed by atoms with E-state index in [1.54, 1.807) is 7.05 Å². The summed E-state index contributed by atoms with van der Waals surface area (Å²) in [7, 11) is 1.80. The second-order valence-electron chi connectivity index (χ2n) is 7.16. The number of nitrogens with one attached hydrogen (secondary N) is 2. The van der Waals surface area contributed by atoms with Crippen molar-refractivity contribution in [3.8, 4) is 0 Å². The van der Waals surface area contributed by atoms with E-state index in [-0.39, 0.29) is 24.0 Å². The largest absolute Gasteiger partial charge is 0.356 e. The van der Waals surface area contributed by atoms with E-state index >= 15 is 0 Å². The molecule has 0 aliphatic rings. The van der Waals surface area contributed by atoms with Crippen molar-refractivity contribution in [2.45, 2.75) is 72.4 Å². The van der Waals surface area contributed by atoms with E-state index in [0.29, 0.717) is 23.9 Å². The number of hydrogen-bond donors (Lipinski definition) is 2. The first-order valence-electron chi connectivity index (χ1n) is 9.37. The Morgan fingerprint density at radius 2 is 1.69 bits per heavy atom. The fraction of sp³-hybridized carbons (Fsp3) is 0.833. The average Bonchev–Trinajstić information content (AvgIpc) is 3.01. The molecule has 0 saturated carbocycles. The quantitative estimate of drug-likeness (QED) is 0.232. The van der Waals surface area contributed by atoms with E-state index in [1.807, 2.05) is 0 Å². The minimum atomic E-state index is 0. The van der Waals surface area contributed by atoms with Gasteiger partial charge >= 0.3 is 0 Å². The number of hydrogen-bond acceptors (Lipinski definition) is 5. The molecule has 1 rings (SSSR count). The Morgan fingerprint density at radius 1 is 1.08 bits per heavy atom. The number of rotatable bonds is 10. The van der Waals surface area contributed by atoms with E-state index in [1.165, 1.54) is 0 Å². The van der Waals surface area contributed by atoms with Gasteiger partial charge in [-0.2, -0.15) is 4.98 Å². The number of aromatic nitrogens is 2. The molecule has 0 saturated heterocycles. The summed E-state index contributed by atoms with van der Waals surface area (Å²) in [5, 5.41) is 10.7. The predicted molar refractivity (Wildman–Crippen MR) is 118 cm³/mol. The molecule has 0 atom stereocenters. The van der Waals surface area contributed by atoms with Crippen molar-refractivity contribution in [1.82, 2.24) is 25.7 Å². The third kappa shape index (κ3) is 9.16. The molecule has 0 fully saturated rings. The van der Waals surface area contributed by atoms with Crippen LogP contribution in [0, 0.1) is 0 Å². The van der Waals surface area contributed by atoms with Crippen LogP contribution in [0.15, 0.2) is 9.52 Å². The smallest absolute Gasteiger partial charge is 0.226 e. The Kier molecular flexibility index (Phi) is 12.8. The van der Waals surface area contributed by atoms with Gasteiger partial charge in [0.05, 0.1) is 0 Å². The predicted octanol–water partition coefficient (Wildman–Crippen LogP) is 3.03. The first kappa shape index (κ1) is 25.1. The van der Waals surface area contributed by atoms with Gasteiger partial charge in [0.1, 0.15) is 0 Å². The highest BCUT2D eigenvalue weighted by Crippen LogP contribution is 2.10. The van der Waals surface area contributed by atoms with Crippen molar-refractivity contribution in [3.05, 3.63) is 11.7 Å². The maximum absolute atomic E-state index is 5.26. The number of guanidine groups is 1. The van der Waals surface area contributed by atoms with Gasteiger partial charge in [0.2, 0.25) is 5.89 Å². The molecule has 0 unspecified atom stereocenters. The van der Waals surface area contributed by atoms with Crippen molar-refractivity contribution < 1.29 is 4.52 Å². The van der Waals surface area contributed by atoms with Crippen molar-refractivity contribution >= 4 is 29.9 Å². The van der Waals surface area contributed by atoms with Gasteiger partial charge < -0.3 is 15.2 Å². The van der Waals surface area contributed by atoms with Gasteiger partial charge in [-0.3, -0.25) is 9.89 Å². The molecule has 1 aromatic heterocycles. The molecular formula is C18H37IN6O. The Bertz CT molecular complexity index is 508. The van der Waals surface area contributed by atoms with Crippen LogP contribution >= 0.6 is 24.0 Å². The van der Waals surface area contributed by atoms with Crippen LogP contribution in [0.4, 0.5) is 0 Å². The van der Waals surface area contributed by atoms with Gasteiger partial charge in [0.15, 0.2) is 11.8 Å². The van der Waals surface area contributed by atoms with Crippen molar-refractivity contribution in [2.75, 3.05) is 26.7 Å². The molecule has 0 aliphatic carbocycles. The molecule has 1 heterocycles. The van der Waals surface area contributed by atoms with Crippen LogP contribution in [-0.2, 0) is 6.42 Å².